The summed E-state index contributed by atoms with van der Waals surface area (Å²) in [5.74, 6) is -1.59. The first-order valence-electron chi connectivity index (χ1n) is 8.30. The lowest BCUT2D eigenvalue weighted by atomic mass is 10.0. The van der Waals surface area contributed by atoms with E-state index in [1.807, 2.05) is 0 Å². The Hall–Kier alpha value is -2.90. The number of pyridine rings is 1. The highest BCUT2D eigenvalue weighted by molar-refractivity contribution is 6.01. The molecule has 1 aromatic carbocycles. The van der Waals surface area contributed by atoms with E-state index in [2.05, 4.69) is 15.6 Å². The maximum Gasteiger partial charge on any atom is 0.416 e. The second-order valence-corrected chi connectivity index (χ2v) is 6.43. The lowest BCUT2D eigenvalue weighted by Crippen LogP contribution is -2.47. The first-order chi connectivity index (χ1) is 12.6. The number of benzene rings is 1. The summed E-state index contributed by atoms with van der Waals surface area (Å²) in [6, 6.07) is 7.53. The molecule has 1 atom stereocenters. The predicted octanol–water partition coefficient (Wildman–Crippen LogP) is 3.80. The molecule has 2 rings (SSSR count). The van der Waals surface area contributed by atoms with E-state index in [0.717, 1.165) is 23.9 Å². The molecule has 0 saturated carbocycles. The summed E-state index contributed by atoms with van der Waals surface area (Å²) in [6.07, 6.45) is -3.58. The molecule has 0 radical (unpaired) electrons. The van der Waals surface area contributed by atoms with Crippen LogP contribution in [0.2, 0.25) is 0 Å². The minimum Gasteiger partial charge on any atom is -0.340 e. The molecule has 2 aromatic rings. The zero-order chi connectivity index (χ0) is 20.2. The highest BCUT2D eigenvalue weighted by Gasteiger charge is 2.31. The molecule has 0 aliphatic heterocycles. The first kappa shape index (κ1) is 20.4. The molecule has 144 valence electrons. The Morgan fingerprint density at radius 2 is 1.78 bits per heavy atom. The van der Waals surface area contributed by atoms with E-state index >= 15 is 0 Å². The molecule has 0 spiro atoms. The highest BCUT2D eigenvalue weighted by Crippen LogP contribution is 2.29. The van der Waals surface area contributed by atoms with E-state index in [1.54, 1.807) is 45.0 Å². The molecule has 0 aliphatic carbocycles. The highest BCUT2D eigenvalue weighted by atomic mass is 19.4. The van der Waals surface area contributed by atoms with Crippen LogP contribution in [-0.4, -0.2) is 22.8 Å². The number of nitrogens with one attached hydrogen (secondary N) is 2. The summed E-state index contributed by atoms with van der Waals surface area (Å²) in [5.41, 5.74) is 0.253. The van der Waals surface area contributed by atoms with E-state index < -0.39 is 29.6 Å². The van der Waals surface area contributed by atoms with Crippen molar-refractivity contribution < 1.29 is 22.8 Å². The zero-order valence-corrected chi connectivity index (χ0v) is 15.1. The number of aryl methyl sites for hydroxylation is 1. The van der Waals surface area contributed by atoms with Crippen LogP contribution in [0.1, 0.15) is 35.3 Å². The van der Waals surface area contributed by atoms with Crippen LogP contribution in [0.15, 0.2) is 42.6 Å². The largest absolute Gasteiger partial charge is 0.416 e. The zero-order valence-electron chi connectivity index (χ0n) is 15.1. The Bertz CT molecular complexity index is 835. The molecule has 0 aliphatic rings. The number of nitrogens with zero attached hydrogens (tertiary/aromatic N) is 1. The Morgan fingerprint density at radius 3 is 2.37 bits per heavy atom. The summed E-state index contributed by atoms with van der Waals surface area (Å²) in [4.78, 5) is 28.7. The fraction of sp³-hybridized carbons (Fsp3) is 0.316. The number of amides is 2. The summed E-state index contributed by atoms with van der Waals surface area (Å²) >= 11 is 0. The molecule has 2 amide bonds. The van der Waals surface area contributed by atoms with Gasteiger partial charge in [0, 0.05) is 11.8 Å². The van der Waals surface area contributed by atoms with Crippen LogP contribution in [0.5, 0.6) is 0 Å². The van der Waals surface area contributed by atoms with Crippen molar-refractivity contribution in [2.45, 2.75) is 33.0 Å². The second kappa shape index (κ2) is 8.20. The molecule has 27 heavy (non-hydrogen) atoms. The third kappa shape index (κ3) is 5.29. The quantitative estimate of drug-likeness (QED) is 0.830. The van der Waals surface area contributed by atoms with Crippen molar-refractivity contribution in [3.8, 4) is 0 Å². The van der Waals surface area contributed by atoms with Crippen LogP contribution >= 0.6 is 0 Å². The maximum atomic E-state index is 12.8. The SMILES string of the molecule is Cc1ccccc1C(=O)N[C@H](C(=O)Nc1cc(C(F)(F)F)ccn1)C(C)C. The number of hydrogen-bond donors (Lipinski definition) is 2. The Kier molecular flexibility index (Phi) is 6.20. The van der Waals surface area contributed by atoms with Gasteiger partial charge in [0.2, 0.25) is 5.91 Å². The minimum atomic E-state index is -4.54. The van der Waals surface area contributed by atoms with Crippen LogP contribution < -0.4 is 10.6 Å². The second-order valence-electron chi connectivity index (χ2n) is 6.43. The molecule has 8 heteroatoms. The lowest BCUT2D eigenvalue weighted by molar-refractivity contribution is -0.137. The normalized spacial score (nSPS) is 12.6. The minimum absolute atomic E-state index is 0.231. The summed E-state index contributed by atoms with van der Waals surface area (Å²) in [6.45, 7) is 5.22. The van der Waals surface area contributed by atoms with Gasteiger partial charge in [-0.25, -0.2) is 4.98 Å². The third-order valence-electron chi connectivity index (χ3n) is 3.96. The van der Waals surface area contributed by atoms with Crippen LogP contribution in [0.3, 0.4) is 0 Å². The summed E-state index contributed by atoms with van der Waals surface area (Å²) in [7, 11) is 0. The van der Waals surface area contributed by atoms with Gasteiger partial charge in [-0.1, -0.05) is 32.0 Å². The van der Waals surface area contributed by atoms with Crippen molar-refractivity contribution in [3.63, 3.8) is 0 Å². The standard InChI is InChI=1S/C19H20F3N3O2/c1-11(2)16(25-17(26)14-7-5-4-6-12(14)3)18(27)24-15-10-13(8-9-23-15)19(20,21)22/h4-11,16H,1-3H3,(H,25,26)(H,23,24,27)/t16-/m0/s1. The Labute approximate surface area is 155 Å². The number of halogens is 3. The van der Waals surface area contributed by atoms with Crippen molar-refractivity contribution in [3.05, 3.63) is 59.3 Å². The van der Waals surface area contributed by atoms with Crippen molar-refractivity contribution in [1.29, 1.82) is 0 Å². The van der Waals surface area contributed by atoms with Gasteiger partial charge in [0.25, 0.3) is 5.91 Å². The van der Waals surface area contributed by atoms with Gasteiger partial charge in [0.05, 0.1) is 5.56 Å². The van der Waals surface area contributed by atoms with Gasteiger partial charge in [-0.15, -0.1) is 0 Å². The smallest absolute Gasteiger partial charge is 0.340 e. The summed E-state index contributed by atoms with van der Waals surface area (Å²) in [5, 5.41) is 4.98. The fourth-order valence-electron chi connectivity index (χ4n) is 2.46. The molecular formula is C19H20F3N3O2. The number of carbonyl (C=O) groups excluding carboxylic acids is 2. The topological polar surface area (TPSA) is 71.1 Å². The molecule has 0 bridgehead atoms. The van der Waals surface area contributed by atoms with Gasteiger partial charge in [-0.3, -0.25) is 9.59 Å². The lowest BCUT2D eigenvalue weighted by Gasteiger charge is -2.22. The predicted molar refractivity (Wildman–Crippen MR) is 95.1 cm³/mol. The van der Waals surface area contributed by atoms with Crippen molar-refractivity contribution in [2.75, 3.05) is 5.32 Å². The average Bonchev–Trinajstić information content (AvgIpc) is 2.59. The molecule has 0 fully saturated rings. The van der Waals surface area contributed by atoms with Crippen molar-refractivity contribution >= 4 is 17.6 Å². The van der Waals surface area contributed by atoms with E-state index in [9.17, 15) is 22.8 Å². The van der Waals surface area contributed by atoms with Gasteiger partial charge in [-0.05, 0) is 36.6 Å². The van der Waals surface area contributed by atoms with Gasteiger partial charge in [-0.2, -0.15) is 13.2 Å². The van der Waals surface area contributed by atoms with E-state index in [1.165, 1.54) is 0 Å². The van der Waals surface area contributed by atoms with E-state index in [0.29, 0.717) is 5.56 Å². The summed E-state index contributed by atoms with van der Waals surface area (Å²) < 4.78 is 38.4. The molecule has 1 aromatic heterocycles. The number of anilines is 1. The van der Waals surface area contributed by atoms with Gasteiger partial charge in [0.1, 0.15) is 11.9 Å². The van der Waals surface area contributed by atoms with Gasteiger partial charge < -0.3 is 10.6 Å². The van der Waals surface area contributed by atoms with E-state index in [-0.39, 0.29) is 11.7 Å². The van der Waals surface area contributed by atoms with Crippen molar-refractivity contribution in [1.82, 2.24) is 10.3 Å². The molecular weight excluding hydrogens is 359 g/mol. The Balaban J connectivity index is 2.16. The van der Waals surface area contributed by atoms with Crippen LogP contribution in [0, 0.1) is 12.8 Å². The number of hydrogen-bond acceptors (Lipinski definition) is 3. The van der Waals surface area contributed by atoms with Crippen molar-refractivity contribution in [2.24, 2.45) is 5.92 Å². The number of aromatic nitrogens is 1. The first-order valence-corrected chi connectivity index (χ1v) is 8.30. The van der Waals surface area contributed by atoms with Crippen LogP contribution in [0.25, 0.3) is 0 Å². The molecule has 0 saturated heterocycles. The molecule has 5 nitrogen and oxygen atoms in total. The number of rotatable bonds is 5. The maximum absolute atomic E-state index is 12.8. The fourth-order valence-corrected chi connectivity index (χ4v) is 2.46. The number of alkyl halides is 3. The Morgan fingerprint density at radius 1 is 1.11 bits per heavy atom. The third-order valence-corrected chi connectivity index (χ3v) is 3.96. The van der Waals surface area contributed by atoms with E-state index in [4.69, 9.17) is 0 Å². The molecule has 2 N–H and O–H groups in total. The van der Waals surface area contributed by atoms with Crippen LogP contribution in [-0.2, 0) is 11.0 Å². The van der Waals surface area contributed by atoms with Crippen LogP contribution in [0.4, 0.5) is 19.0 Å². The molecule has 0 unspecified atom stereocenters. The molecule has 1 heterocycles. The monoisotopic (exact) mass is 379 g/mol. The number of carbonyl (C=O) groups is 2. The average molecular weight is 379 g/mol. The van der Waals surface area contributed by atoms with Gasteiger partial charge in [0.15, 0.2) is 0 Å². The van der Waals surface area contributed by atoms with Gasteiger partial charge >= 0.3 is 6.18 Å².